The van der Waals surface area contributed by atoms with Crippen LogP contribution in [0.3, 0.4) is 0 Å². The Bertz CT molecular complexity index is 499. The molecule has 0 saturated carbocycles. The minimum atomic E-state index is -0.318. The van der Waals surface area contributed by atoms with Crippen LogP contribution in [0.25, 0.3) is 0 Å². The van der Waals surface area contributed by atoms with Crippen LogP contribution in [0.4, 0.5) is 0 Å². The second-order valence-electron chi connectivity index (χ2n) is 4.94. The average molecular weight is 293 g/mol. The third-order valence-corrected chi connectivity index (χ3v) is 3.43. The van der Waals surface area contributed by atoms with Crippen LogP contribution in [0.15, 0.2) is 18.2 Å². The van der Waals surface area contributed by atoms with Gasteiger partial charge in [0.25, 0.3) is 0 Å². The van der Waals surface area contributed by atoms with Crippen LogP contribution in [-0.2, 0) is 14.3 Å². The summed E-state index contributed by atoms with van der Waals surface area (Å²) in [7, 11) is 3.01. The number of hydrogen-bond acceptors (Lipinski definition) is 4. The summed E-state index contributed by atoms with van der Waals surface area (Å²) in [6, 6.07) is 5.85. The minimum absolute atomic E-state index is 0.0517. The average Bonchev–Trinajstić information content (AvgIpc) is 2.48. The number of hydrogen-bond donors (Lipinski definition) is 0. The van der Waals surface area contributed by atoms with Crippen molar-refractivity contribution in [2.45, 2.75) is 26.7 Å². The fraction of sp³-hybridized carbons (Fsp3) is 0.500. The molecule has 0 aromatic heterocycles. The molecule has 0 aliphatic heterocycles. The van der Waals surface area contributed by atoms with Crippen LogP contribution < -0.4 is 4.74 Å². The third-order valence-electron chi connectivity index (χ3n) is 3.43. The molecule has 5 nitrogen and oxygen atoms in total. The summed E-state index contributed by atoms with van der Waals surface area (Å²) < 4.78 is 10.2. The van der Waals surface area contributed by atoms with Crippen molar-refractivity contribution >= 4 is 11.9 Å². The Morgan fingerprint density at radius 1 is 1.19 bits per heavy atom. The van der Waals surface area contributed by atoms with Crippen LogP contribution in [0.5, 0.6) is 5.75 Å². The van der Waals surface area contributed by atoms with E-state index in [9.17, 15) is 9.59 Å². The van der Waals surface area contributed by atoms with Gasteiger partial charge >= 0.3 is 5.97 Å². The quantitative estimate of drug-likeness (QED) is 0.722. The Kier molecular flexibility index (Phi) is 6.72. The second kappa shape index (κ2) is 8.29. The molecule has 1 amide bonds. The van der Waals surface area contributed by atoms with E-state index < -0.39 is 0 Å². The van der Waals surface area contributed by atoms with Crippen LogP contribution in [-0.4, -0.2) is 44.1 Å². The van der Waals surface area contributed by atoms with E-state index in [1.54, 1.807) is 7.05 Å². The van der Waals surface area contributed by atoms with Crippen molar-refractivity contribution in [3.63, 3.8) is 0 Å². The number of benzene rings is 1. The van der Waals surface area contributed by atoms with Crippen LogP contribution in [0, 0.1) is 13.8 Å². The van der Waals surface area contributed by atoms with E-state index in [2.05, 4.69) is 4.74 Å². The molecular formula is C16H23NO4. The van der Waals surface area contributed by atoms with E-state index in [-0.39, 0.29) is 24.7 Å². The van der Waals surface area contributed by atoms with E-state index in [0.29, 0.717) is 13.2 Å². The summed E-state index contributed by atoms with van der Waals surface area (Å²) in [4.78, 5) is 24.4. The van der Waals surface area contributed by atoms with Gasteiger partial charge in [0.05, 0.1) is 26.6 Å². The molecule has 0 heterocycles. The van der Waals surface area contributed by atoms with Gasteiger partial charge in [0.1, 0.15) is 5.75 Å². The molecule has 0 fully saturated rings. The van der Waals surface area contributed by atoms with Gasteiger partial charge in [-0.3, -0.25) is 9.59 Å². The third kappa shape index (κ3) is 5.45. The van der Waals surface area contributed by atoms with Gasteiger partial charge in [-0.05, 0) is 31.0 Å². The summed E-state index contributed by atoms with van der Waals surface area (Å²) in [6.07, 6.45) is 0.488. The summed E-state index contributed by atoms with van der Waals surface area (Å²) in [5.41, 5.74) is 2.25. The molecule has 0 aliphatic rings. The Hall–Kier alpha value is -2.04. The van der Waals surface area contributed by atoms with Gasteiger partial charge in [-0.25, -0.2) is 0 Å². The zero-order chi connectivity index (χ0) is 15.8. The molecule has 0 radical (unpaired) electrons. The van der Waals surface area contributed by atoms with Crippen molar-refractivity contribution in [2.24, 2.45) is 0 Å². The minimum Gasteiger partial charge on any atom is -0.493 e. The molecular weight excluding hydrogens is 270 g/mol. The molecule has 5 heteroatoms. The standard InChI is InChI=1S/C16H23NO4/c1-12-6-5-7-14(13(12)2)21-11-9-15(18)17(3)10-8-16(19)20-4/h5-7H,8-11H2,1-4H3. The lowest BCUT2D eigenvalue weighted by Gasteiger charge is -2.17. The molecule has 0 saturated heterocycles. The van der Waals surface area contributed by atoms with Gasteiger partial charge in [0, 0.05) is 13.6 Å². The van der Waals surface area contributed by atoms with Gasteiger partial charge < -0.3 is 14.4 Å². The van der Waals surface area contributed by atoms with Gasteiger partial charge in [0.15, 0.2) is 0 Å². The maximum Gasteiger partial charge on any atom is 0.307 e. The smallest absolute Gasteiger partial charge is 0.307 e. The maximum atomic E-state index is 11.9. The highest BCUT2D eigenvalue weighted by Gasteiger charge is 2.11. The molecule has 0 atom stereocenters. The Balaban J connectivity index is 2.36. The number of nitrogens with zero attached hydrogens (tertiary/aromatic N) is 1. The van der Waals surface area contributed by atoms with E-state index in [0.717, 1.165) is 16.9 Å². The summed E-state index contributed by atoms with van der Waals surface area (Å²) in [6.45, 7) is 4.70. The number of carbonyl (C=O) groups is 2. The first kappa shape index (κ1) is 17.0. The Morgan fingerprint density at radius 2 is 1.90 bits per heavy atom. The van der Waals surface area contributed by atoms with E-state index in [1.807, 2.05) is 32.0 Å². The SMILES string of the molecule is COC(=O)CCN(C)C(=O)CCOc1cccc(C)c1C. The first-order valence-corrected chi connectivity index (χ1v) is 6.95. The van der Waals surface area contributed by atoms with Crippen LogP contribution >= 0.6 is 0 Å². The number of carbonyl (C=O) groups excluding carboxylic acids is 2. The molecule has 0 unspecified atom stereocenters. The molecule has 0 N–H and O–H groups in total. The largest absolute Gasteiger partial charge is 0.493 e. The maximum absolute atomic E-state index is 11.9. The van der Waals surface area contributed by atoms with Crippen molar-refractivity contribution in [1.29, 1.82) is 0 Å². The number of amides is 1. The van der Waals surface area contributed by atoms with Crippen molar-refractivity contribution in [3.8, 4) is 5.75 Å². The van der Waals surface area contributed by atoms with E-state index in [4.69, 9.17) is 4.74 Å². The van der Waals surface area contributed by atoms with E-state index >= 15 is 0 Å². The van der Waals surface area contributed by atoms with Crippen molar-refractivity contribution in [3.05, 3.63) is 29.3 Å². The molecule has 0 aliphatic carbocycles. The lowest BCUT2D eigenvalue weighted by atomic mass is 10.1. The lowest BCUT2D eigenvalue weighted by Crippen LogP contribution is -2.30. The molecule has 21 heavy (non-hydrogen) atoms. The van der Waals surface area contributed by atoms with Gasteiger partial charge in [0.2, 0.25) is 5.91 Å². The molecule has 1 rings (SSSR count). The molecule has 0 bridgehead atoms. The summed E-state index contributed by atoms with van der Waals surface area (Å²) >= 11 is 0. The van der Waals surface area contributed by atoms with Crippen molar-refractivity contribution < 1.29 is 19.1 Å². The first-order valence-electron chi connectivity index (χ1n) is 6.95. The number of aryl methyl sites for hydroxylation is 1. The van der Waals surface area contributed by atoms with Gasteiger partial charge in [-0.15, -0.1) is 0 Å². The molecule has 0 spiro atoms. The van der Waals surface area contributed by atoms with Gasteiger partial charge in [-0.2, -0.15) is 0 Å². The number of ether oxygens (including phenoxy) is 2. The monoisotopic (exact) mass is 293 g/mol. The topological polar surface area (TPSA) is 55.8 Å². The normalized spacial score (nSPS) is 10.1. The Morgan fingerprint density at radius 3 is 2.57 bits per heavy atom. The fourth-order valence-electron chi connectivity index (χ4n) is 1.81. The zero-order valence-electron chi connectivity index (χ0n) is 13.1. The van der Waals surface area contributed by atoms with Gasteiger partial charge in [-0.1, -0.05) is 12.1 Å². The molecule has 1 aromatic rings. The van der Waals surface area contributed by atoms with Crippen molar-refractivity contribution in [2.75, 3.05) is 27.3 Å². The highest BCUT2D eigenvalue weighted by molar-refractivity contribution is 5.77. The first-order chi connectivity index (χ1) is 9.95. The highest BCUT2D eigenvalue weighted by atomic mass is 16.5. The van der Waals surface area contributed by atoms with Crippen molar-refractivity contribution in [1.82, 2.24) is 4.90 Å². The zero-order valence-corrected chi connectivity index (χ0v) is 13.1. The van der Waals surface area contributed by atoms with E-state index in [1.165, 1.54) is 12.0 Å². The van der Waals surface area contributed by atoms with Crippen LogP contribution in [0.2, 0.25) is 0 Å². The summed E-state index contributed by atoms with van der Waals surface area (Å²) in [5.74, 6) is 0.436. The number of rotatable bonds is 7. The molecule has 116 valence electrons. The highest BCUT2D eigenvalue weighted by Crippen LogP contribution is 2.20. The molecule has 1 aromatic carbocycles. The Labute approximate surface area is 125 Å². The summed E-state index contributed by atoms with van der Waals surface area (Å²) in [5, 5.41) is 0. The lowest BCUT2D eigenvalue weighted by molar-refractivity contribution is -0.141. The number of methoxy groups -OCH3 is 1. The fourth-order valence-corrected chi connectivity index (χ4v) is 1.81. The van der Waals surface area contributed by atoms with Crippen LogP contribution in [0.1, 0.15) is 24.0 Å². The predicted molar refractivity (Wildman–Crippen MR) is 80.3 cm³/mol. The predicted octanol–water partition coefficient (Wildman–Crippen LogP) is 2.09. The second-order valence-corrected chi connectivity index (χ2v) is 4.94. The number of esters is 1.